The second kappa shape index (κ2) is 10.4. The maximum atomic E-state index is 11.9. The van der Waals surface area contributed by atoms with E-state index in [0.717, 1.165) is 11.3 Å². The van der Waals surface area contributed by atoms with Crippen LogP contribution in [-0.4, -0.2) is 41.9 Å². The number of aromatic nitrogens is 1. The van der Waals surface area contributed by atoms with Crippen molar-refractivity contribution in [2.24, 2.45) is 5.10 Å². The summed E-state index contributed by atoms with van der Waals surface area (Å²) in [5.74, 6) is 0.0793. The van der Waals surface area contributed by atoms with Crippen molar-refractivity contribution in [2.45, 2.75) is 27.7 Å². The standard InChI is InChI=1S/C18H22N4O6S/c1-5-26-14-9-15(27-6-2)13(22(24)25)8-12(14)10-19-21-18-20-11(4)16(29-18)17(23)28-7-3/h8-10H,5-7H2,1-4H3,(H,20,21)/b19-10-. The Kier molecular flexibility index (Phi) is 7.89. The van der Waals surface area contributed by atoms with Gasteiger partial charge in [0, 0.05) is 17.7 Å². The summed E-state index contributed by atoms with van der Waals surface area (Å²) in [5.41, 5.74) is 3.46. The van der Waals surface area contributed by atoms with Gasteiger partial charge in [-0.1, -0.05) is 11.3 Å². The first-order valence-electron chi connectivity index (χ1n) is 8.92. The third-order valence-corrected chi connectivity index (χ3v) is 4.55. The summed E-state index contributed by atoms with van der Waals surface area (Å²) in [6, 6.07) is 2.80. The fourth-order valence-corrected chi connectivity index (χ4v) is 3.16. The molecule has 0 amide bonds. The molecule has 2 rings (SSSR count). The number of esters is 1. The molecule has 0 atom stereocenters. The number of benzene rings is 1. The van der Waals surface area contributed by atoms with Gasteiger partial charge in [0.25, 0.3) is 0 Å². The third kappa shape index (κ3) is 5.64. The molecular formula is C18H22N4O6S. The van der Waals surface area contributed by atoms with Gasteiger partial charge in [-0.25, -0.2) is 9.78 Å². The van der Waals surface area contributed by atoms with E-state index in [1.54, 1.807) is 27.7 Å². The van der Waals surface area contributed by atoms with E-state index in [2.05, 4.69) is 15.5 Å². The van der Waals surface area contributed by atoms with Crippen LogP contribution in [0, 0.1) is 17.0 Å². The Bertz CT molecular complexity index is 912. The molecule has 10 nitrogen and oxygen atoms in total. The van der Waals surface area contributed by atoms with Crippen molar-refractivity contribution in [3.05, 3.63) is 38.4 Å². The number of thiazole rings is 1. The quantitative estimate of drug-likeness (QED) is 0.265. The van der Waals surface area contributed by atoms with Crippen LogP contribution in [0.3, 0.4) is 0 Å². The van der Waals surface area contributed by atoms with Gasteiger partial charge in [0.15, 0.2) is 0 Å². The van der Waals surface area contributed by atoms with Crippen molar-refractivity contribution < 1.29 is 23.9 Å². The number of hydrogen-bond donors (Lipinski definition) is 1. The van der Waals surface area contributed by atoms with Gasteiger partial charge in [-0.15, -0.1) is 0 Å². The molecule has 0 aliphatic heterocycles. The molecule has 2 aromatic rings. The molecule has 0 aliphatic rings. The molecule has 1 heterocycles. The number of nitrogens with one attached hydrogen (secondary N) is 1. The Morgan fingerprint density at radius 3 is 2.55 bits per heavy atom. The summed E-state index contributed by atoms with van der Waals surface area (Å²) >= 11 is 1.10. The van der Waals surface area contributed by atoms with Gasteiger partial charge in [0.2, 0.25) is 10.9 Å². The van der Waals surface area contributed by atoms with Crippen LogP contribution in [0.4, 0.5) is 10.8 Å². The van der Waals surface area contributed by atoms with Crippen LogP contribution >= 0.6 is 11.3 Å². The lowest BCUT2D eigenvalue weighted by Gasteiger charge is -2.10. The number of aryl methyl sites for hydroxylation is 1. The molecule has 1 N–H and O–H groups in total. The Labute approximate surface area is 171 Å². The Balaban J connectivity index is 2.27. The minimum atomic E-state index is -0.526. The number of rotatable bonds is 10. The van der Waals surface area contributed by atoms with E-state index < -0.39 is 10.9 Å². The molecule has 1 aromatic carbocycles. The SMILES string of the molecule is CCOC(=O)c1sc(N/N=C\c2cc([N+](=O)[O-])c(OCC)cc2OCC)nc1C. The van der Waals surface area contributed by atoms with Gasteiger partial charge in [0.1, 0.15) is 10.6 Å². The number of ether oxygens (including phenoxy) is 3. The van der Waals surface area contributed by atoms with Crippen LogP contribution in [0.5, 0.6) is 11.5 Å². The number of hydrazone groups is 1. The monoisotopic (exact) mass is 422 g/mol. The lowest BCUT2D eigenvalue weighted by atomic mass is 10.1. The lowest BCUT2D eigenvalue weighted by molar-refractivity contribution is -0.385. The van der Waals surface area contributed by atoms with Gasteiger partial charge in [0.05, 0.1) is 36.7 Å². The van der Waals surface area contributed by atoms with Crippen molar-refractivity contribution in [3.8, 4) is 11.5 Å². The molecule has 0 radical (unpaired) electrons. The second-order valence-corrected chi connectivity index (χ2v) is 6.50. The predicted molar refractivity (Wildman–Crippen MR) is 109 cm³/mol. The maximum Gasteiger partial charge on any atom is 0.350 e. The molecule has 0 saturated carbocycles. The summed E-state index contributed by atoms with van der Waals surface area (Å²) in [6.45, 7) is 7.89. The van der Waals surface area contributed by atoms with Gasteiger partial charge >= 0.3 is 11.7 Å². The number of anilines is 1. The van der Waals surface area contributed by atoms with Crippen LogP contribution in [0.25, 0.3) is 0 Å². The average molecular weight is 422 g/mol. The highest BCUT2D eigenvalue weighted by molar-refractivity contribution is 7.17. The van der Waals surface area contributed by atoms with Crippen LogP contribution in [0.1, 0.15) is 41.7 Å². The van der Waals surface area contributed by atoms with E-state index >= 15 is 0 Å². The van der Waals surface area contributed by atoms with E-state index in [1.807, 2.05) is 0 Å². The zero-order chi connectivity index (χ0) is 21.4. The maximum absolute atomic E-state index is 11.9. The number of nitro groups is 1. The van der Waals surface area contributed by atoms with E-state index in [9.17, 15) is 14.9 Å². The van der Waals surface area contributed by atoms with Crippen molar-refractivity contribution in [1.29, 1.82) is 0 Å². The molecule has 1 aromatic heterocycles. The molecule has 11 heteroatoms. The zero-order valence-corrected chi connectivity index (χ0v) is 17.4. The van der Waals surface area contributed by atoms with E-state index in [-0.39, 0.29) is 24.7 Å². The normalized spacial score (nSPS) is 10.8. The largest absolute Gasteiger partial charge is 0.493 e. The summed E-state index contributed by atoms with van der Waals surface area (Å²) < 4.78 is 15.9. The summed E-state index contributed by atoms with van der Waals surface area (Å²) in [5, 5.41) is 15.8. The molecule has 0 fully saturated rings. The fourth-order valence-electron chi connectivity index (χ4n) is 2.35. The van der Waals surface area contributed by atoms with Crippen LogP contribution in [0.2, 0.25) is 0 Å². The van der Waals surface area contributed by atoms with Crippen LogP contribution < -0.4 is 14.9 Å². The highest BCUT2D eigenvalue weighted by Gasteiger charge is 2.20. The first-order chi connectivity index (χ1) is 13.9. The number of carbonyl (C=O) groups is 1. The fraction of sp³-hybridized carbons (Fsp3) is 0.389. The average Bonchev–Trinajstić information content (AvgIpc) is 3.04. The Hall–Kier alpha value is -3.21. The number of hydrogen-bond acceptors (Lipinski definition) is 10. The lowest BCUT2D eigenvalue weighted by Crippen LogP contribution is -2.03. The van der Waals surface area contributed by atoms with Gasteiger partial charge < -0.3 is 14.2 Å². The number of nitrogens with zero attached hydrogens (tertiary/aromatic N) is 3. The van der Waals surface area contributed by atoms with Crippen LogP contribution in [-0.2, 0) is 4.74 Å². The highest BCUT2D eigenvalue weighted by Crippen LogP contribution is 2.34. The van der Waals surface area contributed by atoms with Crippen LogP contribution in [0.15, 0.2) is 17.2 Å². The Morgan fingerprint density at radius 2 is 1.93 bits per heavy atom. The molecule has 0 bridgehead atoms. The first kappa shape index (κ1) is 22.1. The van der Waals surface area contributed by atoms with E-state index in [1.165, 1.54) is 18.3 Å². The second-order valence-electron chi connectivity index (χ2n) is 5.50. The summed E-state index contributed by atoms with van der Waals surface area (Å²) in [6.07, 6.45) is 1.38. The van der Waals surface area contributed by atoms with Crippen molar-refractivity contribution in [3.63, 3.8) is 0 Å². The van der Waals surface area contributed by atoms with Gasteiger partial charge in [-0.3, -0.25) is 15.5 Å². The van der Waals surface area contributed by atoms with Crippen molar-refractivity contribution >= 4 is 34.3 Å². The molecule has 29 heavy (non-hydrogen) atoms. The molecule has 0 spiro atoms. The van der Waals surface area contributed by atoms with E-state index in [0.29, 0.717) is 33.6 Å². The zero-order valence-electron chi connectivity index (χ0n) is 16.6. The van der Waals surface area contributed by atoms with Gasteiger partial charge in [-0.2, -0.15) is 5.10 Å². The summed E-state index contributed by atoms with van der Waals surface area (Å²) in [7, 11) is 0. The molecular weight excluding hydrogens is 400 g/mol. The highest BCUT2D eigenvalue weighted by atomic mass is 32.1. The molecule has 0 aliphatic carbocycles. The molecule has 0 unspecified atom stereocenters. The third-order valence-electron chi connectivity index (χ3n) is 3.51. The topological polar surface area (TPSA) is 125 Å². The minimum absolute atomic E-state index is 0.126. The van der Waals surface area contributed by atoms with Crippen molar-refractivity contribution in [1.82, 2.24) is 4.98 Å². The smallest absolute Gasteiger partial charge is 0.350 e. The summed E-state index contributed by atoms with van der Waals surface area (Å²) in [4.78, 5) is 27.3. The Morgan fingerprint density at radius 1 is 1.24 bits per heavy atom. The minimum Gasteiger partial charge on any atom is -0.493 e. The van der Waals surface area contributed by atoms with E-state index in [4.69, 9.17) is 14.2 Å². The molecule has 0 saturated heterocycles. The molecule has 156 valence electrons. The number of carbonyl (C=O) groups excluding carboxylic acids is 1. The predicted octanol–water partition coefficient (Wildman–Crippen LogP) is 3.78. The first-order valence-corrected chi connectivity index (χ1v) is 9.74. The van der Waals surface area contributed by atoms with Gasteiger partial charge in [-0.05, 0) is 27.7 Å². The van der Waals surface area contributed by atoms with Crippen molar-refractivity contribution in [2.75, 3.05) is 25.2 Å². The number of nitro benzene ring substituents is 1.